The van der Waals surface area contributed by atoms with E-state index in [-0.39, 0.29) is 42.3 Å². The molecular formula is C28H32FN9O5. The van der Waals surface area contributed by atoms with Crippen molar-refractivity contribution in [1.82, 2.24) is 39.3 Å². The van der Waals surface area contributed by atoms with Crippen LogP contribution in [0.5, 0.6) is 5.75 Å². The third-order valence-electron chi connectivity index (χ3n) is 7.28. The Morgan fingerprint density at radius 2 is 1.98 bits per heavy atom. The van der Waals surface area contributed by atoms with Gasteiger partial charge >= 0.3 is 5.69 Å². The number of aromatic hydroxyl groups is 1. The fraction of sp³-hybridized carbons (Fsp3) is 0.393. The molecule has 4 N–H and O–H groups in total. The molecule has 1 aliphatic rings. The van der Waals surface area contributed by atoms with E-state index in [1.165, 1.54) is 16.7 Å². The summed E-state index contributed by atoms with van der Waals surface area (Å²) in [5.74, 6) is -1.54. The maximum atomic E-state index is 14.3. The quantitative estimate of drug-likeness (QED) is 0.188. The summed E-state index contributed by atoms with van der Waals surface area (Å²) in [6, 6.07) is 4.48. The molecule has 226 valence electrons. The SMILES string of the molecule is CC(C)N1CCn2c(CNC(=O)CCCCCNc3nc(-c4ccc5n[nH]c(=O)n5c4)ncc3F)cc(=O)c(O)c2C1=O. The van der Waals surface area contributed by atoms with Crippen molar-refractivity contribution in [3.05, 3.63) is 68.5 Å². The highest BCUT2D eigenvalue weighted by atomic mass is 19.1. The van der Waals surface area contributed by atoms with Crippen LogP contribution in [0.1, 0.15) is 55.7 Å². The van der Waals surface area contributed by atoms with E-state index in [1.807, 2.05) is 13.8 Å². The average Bonchev–Trinajstić information content (AvgIpc) is 3.36. The van der Waals surface area contributed by atoms with Gasteiger partial charge in [-0.05, 0) is 38.8 Å². The summed E-state index contributed by atoms with van der Waals surface area (Å²) in [5, 5.41) is 22.2. The van der Waals surface area contributed by atoms with Crippen LogP contribution in [-0.4, -0.2) is 70.1 Å². The normalized spacial score (nSPS) is 13.0. The van der Waals surface area contributed by atoms with Crippen LogP contribution >= 0.6 is 0 Å². The average molecular weight is 594 g/mol. The van der Waals surface area contributed by atoms with E-state index < -0.39 is 28.6 Å². The van der Waals surface area contributed by atoms with E-state index in [9.17, 15) is 28.7 Å². The molecule has 2 amide bonds. The smallest absolute Gasteiger partial charge is 0.347 e. The minimum Gasteiger partial charge on any atom is -0.503 e. The van der Waals surface area contributed by atoms with Crippen LogP contribution in [0.2, 0.25) is 0 Å². The Labute approximate surface area is 244 Å². The molecular weight excluding hydrogens is 561 g/mol. The van der Waals surface area contributed by atoms with Gasteiger partial charge in [0.25, 0.3) is 5.91 Å². The van der Waals surface area contributed by atoms with E-state index in [0.29, 0.717) is 55.8 Å². The maximum Gasteiger partial charge on any atom is 0.347 e. The van der Waals surface area contributed by atoms with Crippen molar-refractivity contribution in [1.29, 1.82) is 0 Å². The highest BCUT2D eigenvalue weighted by Crippen LogP contribution is 2.23. The van der Waals surface area contributed by atoms with Crippen LogP contribution in [0.3, 0.4) is 0 Å². The van der Waals surface area contributed by atoms with Crippen LogP contribution in [0.15, 0.2) is 40.2 Å². The van der Waals surface area contributed by atoms with E-state index in [1.54, 1.807) is 21.6 Å². The van der Waals surface area contributed by atoms with Crippen LogP contribution in [0.4, 0.5) is 10.2 Å². The zero-order valence-electron chi connectivity index (χ0n) is 23.8. The number of pyridine rings is 2. The molecule has 4 aromatic heterocycles. The number of aromatic nitrogens is 6. The Morgan fingerprint density at radius 1 is 1.16 bits per heavy atom. The lowest BCUT2D eigenvalue weighted by atomic mass is 10.1. The number of H-pyrrole nitrogens is 1. The first-order chi connectivity index (χ1) is 20.6. The van der Waals surface area contributed by atoms with Gasteiger partial charge in [0.15, 0.2) is 34.6 Å². The molecule has 0 unspecified atom stereocenters. The van der Waals surface area contributed by atoms with Gasteiger partial charge in [-0.3, -0.25) is 14.4 Å². The number of amides is 2. The second-order valence-corrected chi connectivity index (χ2v) is 10.5. The van der Waals surface area contributed by atoms with Crippen molar-refractivity contribution in [2.45, 2.75) is 58.7 Å². The van der Waals surface area contributed by atoms with Gasteiger partial charge in [0.2, 0.25) is 11.3 Å². The van der Waals surface area contributed by atoms with Crippen molar-refractivity contribution >= 4 is 23.3 Å². The summed E-state index contributed by atoms with van der Waals surface area (Å²) in [6.45, 7) is 5.03. The minimum atomic E-state index is -0.663. The molecule has 0 fully saturated rings. The number of aromatic amines is 1. The molecule has 14 nitrogen and oxygen atoms in total. The molecule has 0 bridgehead atoms. The molecule has 5 heterocycles. The highest BCUT2D eigenvalue weighted by molar-refractivity contribution is 5.96. The topological polar surface area (TPSA) is 180 Å². The van der Waals surface area contributed by atoms with Gasteiger partial charge in [-0.25, -0.2) is 28.7 Å². The third kappa shape index (κ3) is 6.24. The molecule has 0 saturated heterocycles. The van der Waals surface area contributed by atoms with E-state index >= 15 is 0 Å². The number of hydrogen-bond donors (Lipinski definition) is 4. The van der Waals surface area contributed by atoms with Crippen LogP contribution in [0.25, 0.3) is 17.0 Å². The number of unbranched alkanes of at least 4 members (excludes halogenated alkanes) is 2. The second-order valence-electron chi connectivity index (χ2n) is 10.5. The molecule has 0 saturated carbocycles. The van der Waals surface area contributed by atoms with Gasteiger partial charge in [0, 0.05) is 55.6 Å². The fourth-order valence-corrected chi connectivity index (χ4v) is 4.98. The van der Waals surface area contributed by atoms with E-state index in [2.05, 4.69) is 30.8 Å². The Morgan fingerprint density at radius 3 is 2.77 bits per heavy atom. The van der Waals surface area contributed by atoms with Crippen molar-refractivity contribution in [3.63, 3.8) is 0 Å². The molecule has 0 aromatic carbocycles. The lowest BCUT2D eigenvalue weighted by molar-refractivity contribution is -0.121. The molecule has 43 heavy (non-hydrogen) atoms. The maximum absolute atomic E-state index is 14.3. The first-order valence-electron chi connectivity index (χ1n) is 14.0. The highest BCUT2D eigenvalue weighted by Gasteiger charge is 2.31. The predicted molar refractivity (Wildman–Crippen MR) is 154 cm³/mol. The van der Waals surface area contributed by atoms with Crippen molar-refractivity contribution < 1.29 is 19.1 Å². The van der Waals surface area contributed by atoms with Crippen LogP contribution in [0, 0.1) is 5.82 Å². The Bertz CT molecular complexity index is 1800. The van der Waals surface area contributed by atoms with Crippen molar-refractivity contribution in [2.75, 3.05) is 18.4 Å². The molecule has 0 spiro atoms. The minimum absolute atomic E-state index is 0.0323. The van der Waals surface area contributed by atoms with Gasteiger partial charge in [-0.15, -0.1) is 0 Å². The molecule has 4 aromatic rings. The van der Waals surface area contributed by atoms with Crippen LogP contribution < -0.4 is 21.8 Å². The number of carbonyl (C=O) groups excluding carboxylic acids is 2. The van der Waals surface area contributed by atoms with Gasteiger partial charge in [-0.1, -0.05) is 6.42 Å². The Balaban J connectivity index is 1.09. The summed E-state index contributed by atoms with van der Waals surface area (Å²) in [7, 11) is 0. The zero-order chi connectivity index (χ0) is 30.7. The molecule has 1 aliphatic heterocycles. The summed E-state index contributed by atoms with van der Waals surface area (Å²) in [6.07, 6.45) is 4.76. The number of fused-ring (bicyclic) bond motifs is 2. The molecule has 15 heteroatoms. The molecule has 0 atom stereocenters. The van der Waals surface area contributed by atoms with E-state index in [4.69, 9.17) is 0 Å². The number of hydrogen-bond acceptors (Lipinski definition) is 9. The first kappa shape index (κ1) is 29.4. The largest absolute Gasteiger partial charge is 0.503 e. The molecule has 0 aliphatic carbocycles. The third-order valence-corrected chi connectivity index (χ3v) is 7.28. The number of nitrogens with one attached hydrogen (secondary N) is 3. The summed E-state index contributed by atoms with van der Waals surface area (Å²) < 4.78 is 17.2. The van der Waals surface area contributed by atoms with Gasteiger partial charge in [0.1, 0.15) is 0 Å². The number of anilines is 1. The van der Waals surface area contributed by atoms with Crippen LogP contribution in [-0.2, 0) is 17.9 Å². The first-order valence-corrected chi connectivity index (χ1v) is 14.0. The number of halogens is 1. The molecule has 0 radical (unpaired) electrons. The second kappa shape index (κ2) is 12.4. The number of nitrogens with zero attached hydrogens (tertiary/aromatic N) is 6. The van der Waals surface area contributed by atoms with E-state index in [0.717, 1.165) is 6.20 Å². The Kier molecular flexibility index (Phi) is 8.50. The van der Waals surface area contributed by atoms with Crippen molar-refractivity contribution in [2.24, 2.45) is 0 Å². The van der Waals surface area contributed by atoms with Crippen molar-refractivity contribution in [3.8, 4) is 17.1 Å². The zero-order valence-corrected chi connectivity index (χ0v) is 23.8. The number of carbonyl (C=O) groups is 2. The summed E-state index contributed by atoms with van der Waals surface area (Å²) in [4.78, 5) is 59.3. The lowest BCUT2D eigenvalue weighted by Crippen LogP contribution is -2.46. The summed E-state index contributed by atoms with van der Waals surface area (Å²) >= 11 is 0. The Hall–Kier alpha value is -5.08. The lowest BCUT2D eigenvalue weighted by Gasteiger charge is -2.34. The fourth-order valence-electron chi connectivity index (χ4n) is 4.98. The van der Waals surface area contributed by atoms with Gasteiger partial charge in [-0.2, -0.15) is 5.10 Å². The monoisotopic (exact) mass is 593 g/mol. The molecule has 5 rings (SSSR count). The summed E-state index contributed by atoms with van der Waals surface area (Å²) in [5.41, 5.74) is 0.291. The standard InChI is InChI=1S/C28H32FN9O5/c1-16(2)36-10-11-37-18(12-20(39)24(41)23(37)27(36)42)13-31-22(40)6-4-3-5-9-30-26-19(29)14-32-25(33-26)17-7-8-21-34-35-28(43)38(21)15-17/h7-8,12,14-16,41H,3-6,9-11,13H2,1-2H3,(H,31,40)(H,35,43)(H,30,32,33). The predicted octanol–water partition coefficient (Wildman–Crippen LogP) is 1.64. The number of rotatable bonds is 11. The van der Waals surface area contributed by atoms with Gasteiger partial charge < -0.3 is 25.2 Å². The van der Waals surface area contributed by atoms with Gasteiger partial charge in [0.05, 0.1) is 12.7 Å².